The van der Waals surface area contributed by atoms with E-state index in [1.165, 1.54) is 16.7 Å². The molecule has 1 atom stereocenters. The zero-order chi connectivity index (χ0) is 18.5. The van der Waals surface area contributed by atoms with Gasteiger partial charge >= 0.3 is 0 Å². The van der Waals surface area contributed by atoms with Gasteiger partial charge in [0.05, 0.1) is 6.04 Å². The van der Waals surface area contributed by atoms with Gasteiger partial charge in [0.25, 0.3) is 11.5 Å². The van der Waals surface area contributed by atoms with Crippen LogP contribution in [0.1, 0.15) is 41.7 Å². The van der Waals surface area contributed by atoms with Crippen molar-refractivity contribution in [3.63, 3.8) is 0 Å². The van der Waals surface area contributed by atoms with Crippen LogP contribution < -0.4 is 10.9 Å². The van der Waals surface area contributed by atoms with Gasteiger partial charge in [-0.05, 0) is 45.0 Å². The van der Waals surface area contributed by atoms with Crippen LogP contribution in [-0.2, 0) is 6.54 Å². The number of nitrogens with one attached hydrogen (secondary N) is 1. The van der Waals surface area contributed by atoms with E-state index in [-0.39, 0.29) is 23.3 Å². The molecule has 2 heterocycles. The van der Waals surface area contributed by atoms with E-state index in [2.05, 4.69) is 10.2 Å². The quantitative estimate of drug-likeness (QED) is 0.865. The molecule has 1 N–H and O–H groups in total. The van der Waals surface area contributed by atoms with Crippen LogP contribution in [0.5, 0.6) is 0 Å². The minimum Gasteiger partial charge on any atom is -0.350 e. The fourth-order valence-corrected chi connectivity index (χ4v) is 3.44. The maximum atomic E-state index is 14.3. The summed E-state index contributed by atoms with van der Waals surface area (Å²) < 4.78 is 15.8. The number of hydrogen-bond donors (Lipinski definition) is 1. The highest BCUT2D eigenvalue weighted by molar-refractivity contribution is 5.94. The third kappa shape index (κ3) is 4.02. The standard InChI is InChI=1S/C20H24FN3O2/c1-2-23-12-9-15(13-19(23)25)20(26)22-14-18(24-10-5-6-11-24)16-7-3-4-8-17(16)21/h3-4,7-9,12-13,18H,2,5-6,10-11,14H2,1H3,(H,22,26)/t18-/m1/s1. The number of aromatic nitrogens is 1. The number of benzene rings is 1. The highest BCUT2D eigenvalue weighted by atomic mass is 19.1. The Labute approximate surface area is 152 Å². The van der Waals surface area contributed by atoms with Gasteiger partial charge in [0, 0.05) is 36.5 Å². The zero-order valence-electron chi connectivity index (χ0n) is 15.0. The molecule has 2 aromatic rings. The first-order valence-electron chi connectivity index (χ1n) is 9.07. The molecule has 0 spiro atoms. The average Bonchev–Trinajstić information content (AvgIpc) is 3.17. The van der Waals surface area contributed by atoms with Crippen molar-refractivity contribution in [2.45, 2.75) is 32.4 Å². The van der Waals surface area contributed by atoms with Crippen LogP contribution >= 0.6 is 0 Å². The van der Waals surface area contributed by atoms with Crippen molar-refractivity contribution >= 4 is 5.91 Å². The first-order chi connectivity index (χ1) is 12.6. The van der Waals surface area contributed by atoms with Gasteiger partial charge in [-0.3, -0.25) is 14.5 Å². The molecule has 0 aliphatic carbocycles. The predicted octanol–water partition coefficient (Wildman–Crippen LogP) is 2.57. The largest absolute Gasteiger partial charge is 0.350 e. The third-order valence-corrected chi connectivity index (χ3v) is 4.90. The SMILES string of the molecule is CCn1ccc(C(=O)NC[C@H](c2ccccc2F)N2CCCC2)cc1=O. The van der Waals surface area contributed by atoms with Crippen LogP contribution in [0, 0.1) is 5.82 Å². The minimum atomic E-state index is -0.314. The fourth-order valence-electron chi connectivity index (χ4n) is 3.44. The molecule has 138 valence electrons. The molecule has 1 aromatic carbocycles. The van der Waals surface area contributed by atoms with Crippen molar-refractivity contribution in [2.24, 2.45) is 0 Å². The number of nitrogens with zero attached hydrogens (tertiary/aromatic N) is 2. The van der Waals surface area contributed by atoms with Crippen molar-refractivity contribution in [3.05, 3.63) is 69.9 Å². The van der Waals surface area contributed by atoms with Gasteiger partial charge in [0.1, 0.15) is 5.82 Å². The lowest BCUT2D eigenvalue weighted by molar-refractivity contribution is 0.0937. The molecule has 0 saturated carbocycles. The van der Waals surface area contributed by atoms with E-state index in [1.54, 1.807) is 24.4 Å². The van der Waals surface area contributed by atoms with E-state index in [4.69, 9.17) is 0 Å². The highest BCUT2D eigenvalue weighted by Gasteiger charge is 2.26. The lowest BCUT2D eigenvalue weighted by Gasteiger charge is -2.28. The van der Waals surface area contributed by atoms with Crippen molar-refractivity contribution < 1.29 is 9.18 Å². The summed E-state index contributed by atoms with van der Waals surface area (Å²) in [7, 11) is 0. The maximum Gasteiger partial charge on any atom is 0.251 e. The number of halogens is 1. The Hall–Kier alpha value is -2.47. The minimum absolute atomic E-state index is 0.203. The van der Waals surface area contributed by atoms with Crippen molar-refractivity contribution in [1.29, 1.82) is 0 Å². The molecule has 1 aromatic heterocycles. The third-order valence-electron chi connectivity index (χ3n) is 4.90. The molecule has 1 fully saturated rings. The second-order valence-corrected chi connectivity index (χ2v) is 6.53. The number of likely N-dealkylation sites (tertiary alicyclic amines) is 1. The smallest absolute Gasteiger partial charge is 0.251 e. The summed E-state index contributed by atoms with van der Waals surface area (Å²) in [5.41, 5.74) is 0.717. The Morgan fingerprint density at radius 1 is 1.23 bits per heavy atom. The van der Waals surface area contributed by atoms with E-state index in [1.807, 2.05) is 13.0 Å². The lowest BCUT2D eigenvalue weighted by Crippen LogP contribution is -2.37. The molecule has 1 saturated heterocycles. The summed E-state index contributed by atoms with van der Waals surface area (Å²) in [6.45, 7) is 4.51. The molecular weight excluding hydrogens is 333 g/mol. The summed E-state index contributed by atoms with van der Waals surface area (Å²) in [5, 5.41) is 2.87. The summed E-state index contributed by atoms with van der Waals surface area (Å²) in [4.78, 5) is 26.6. The number of carbonyl (C=O) groups is 1. The van der Waals surface area contributed by atoms with Crippen LogP contribution in [-0.4, -0.2) is 35.0 Å². The summed E-state index contributed by atoms with van der Waals surface area (Å²) in [6.07, 6.45) is 3.77. The zero-order valence-corrected chi connectivity index (χ0v) is 15.0. The van der Waals surface area contributed by atoms with Crippen molar-refractivity contribution in [3.8, 4) is 0 Å². The maximum absolute atomic E-state index is 14.3. The molecule has 0 radical (unpaired) electrons. The predicted molar refractivity (Wildman–Crippen MR) is 98.7 cm³/mol. The topological polar surface area (TPSA) is 54.3 Å². The molecule has 0 unspecified atom stereocenters. The number of hydrogen-bond acceptors (Lipinski definition) is 3. The van der Waals surface area contributed by atoms with Crippen LogP contribution in [0.3, 0.4) is 0 Å². The van der Waals surface area contributed by atoms with Crippen LogP contribution in [0.4, 0.5) is 4.39 Å². The first-order valence-corrected chi connectivity index (χ1v) is 9.07. The van der Waals surface area contributed by atoms with Gasteiger partial charge < -0.3 is 9.88 Å². The molecule has 1 aliphatic heterocycles. The Balaban J connectivity index is 1.75. The monoisotopic (exact) mass is 357 g/mol. The van der Waals surface area contributed by atoms with Crippen molar-refractivity contribution in [2.75, 3.05) is 19.6 Å². The lowest BCUT2D eigenvalue weighted by atomic mass is 10.0. The van der Waals surface area contributed by atoms with Gasteiger partial charge in [-0.2, -0.15) is 0 Å². The molecule has 1 amide bonds. The molecule has 5 nitrogen and oxygen atoms in total. The molecule has 6 heteroatoms. The highest BCUT2D eigenvalue weighted by Crippen LogP contribution is 2.26. The summed E-state index contributed by atoms with van der Waals surface area (Å²) >= 11 is 0. The van der Waals surface area contributed by atoms with Gasteiger partial charge in [0.2, 0.25) is 0 Å². The second-order valence-electron chi connectivity index (χ2n) is 6.53. The number of amides is 1. The van der Waals surface area contributed by atoms with Crippen LogP contribution in [0.2, 0.25) is 0 Å². The van der Waals surface area contributed by atoms with Crippen LogP contribution in [0.15, 0.2) is 47.4 Å². The van der Waals surface area contributed by atoms with Gasteiger partial charge in [-0.1, -0.05) is 18.2 Å². The fraction of sp³-hybridized carbons (Fsp3) is 0.400. The Kier molecular flexibility index (Phi) is 5.83. The number of rotatable bonds is 6. The van der Waals surface area contributed by atoms with Gasteiger partial charge in [-0.15, -0.1) is 0 Å². The normalized spacial score (nSPS) is 15.8. The molecule has 3 rings (SSSR count). The number of aryl methyl sites for hydroxylation is 1. The van der Waals surface area contributed by atoms with Gasteiger partial charge in [0.15, 0.2) is 0 Å². The van der Waals surface area contributed by atoms with E-state index in [9.17, 15) is 14.0 Å². The Morgan fingerprint density at radius 3 is 2.62 bits per heavy atom. The van der Waals surface area contributed by atoms with Gasteiger partial charge in [-0.25, -0.2) is 4.39 Å². The second kappa shape index (κ2) is 8.27. The molecular formula is C20H24FN3O2. The van der Waals surface area contributed by atoms with E-state index < -0.39 is 0 Å². The summed E-state index contributed by atoms with van der Waals surface area (Å²) in [6, 6.07) is 9.46. The molecule has 1 aliphatic rings. The number of carbonyl (C=O) groups excluding carboxylic acids is 1. The molecule has 26 heavy (non-hydrogen) atoms. The summed E-state index contributed by atoms with van der Waals surface area (Å²) in [5.74, 6) is -0.574. The Morgan fingerprint density at radius 2 is 1.96 bits per heavy atom. The molecule has 0 bridgehead atoms. The van der Waals surface area contributed by atoms with Crippen LogP contribution in [0.25, 0.3) is 0 Å². The Bertz CT molecular complexity index is 828. The van der Waals surface area contributed by atoms with Crippen molar-refractivity contribution in [1.82, 2.24) is 14.8 Å². The average molecular weight is 357 g/mol. The van der Waals surface area contributed by atoms with E-state index in [0.717, 1.165) is 25.9 Å². The van der Waals surface area contributed by atoms with E-state index in [0.29, 0.717) is 24.2 Å². The van der Waals surface area contributed by atoms with E-state index >= 15 is 0 Å². The first kappa shape index (κ1) is 18.3. The number of pyridine rings is 1.